The highest BCUT2D eigenvalue weighted by atomic mass is 16.6. The molecular weight excluding hydrogens is 246 g/mol. The van der Waals surface area contributed by atoms with Gasteiger partial charge >= 0.3 is 6.09 Å². The van der Waals surface area contributed by atoms with Crippen molar-refractivity contribution in [3.63, 3.8) is 0 Å². The predicted molar refractivity (Wildman–Crippen MR) is 72.9 cm³/mol. The van der Waals surface area contributed by atoms with Crippen molar-refractivity contribution < 1.29 is 14.3 Å². The lowest BCUT2D eigenvalue weighted by Crippen LogP contribution is -2.54. The predicted octanol–water partition coefficient (Wildman–Crippen LogP) is 0.674. The number of piperazine rings is 1. The molecule has 1 heterocycles. The standard InChI is InChI=1S/C13H25N3O3/c1-13(2,3)19-12(18)16-7-6-14-10(9-16)8-11(17)15(4)5/h10,14H,6-9H2,1-5H3. The summed E-state index contributed by atoms with van der Waals surface area (Å²) in [4.78, 5) is 26.9. The highest BCUT2D eigenvalue weighted by Crippen LogP contribution is 2.12. The zero-order valence-corrected chi connectivity index (χ0v) is 12.5. The molecule has 1 aliphatic heterocycles. The van der Waals surface area contributed by atoms with Crippen molar-refractivity contribution in [3.8, 4) is 0 Å². The number of nitrogens with one attached hydrogen (secondary N) is 1. The summed E-state index contributed by atoms with van der Waals surface area (Å²) in [6.07, 6.45) is 0.0862. The van der Waals surface area contributed by atoms with E-state index < -0.39 is 5.60 Å². The molecule has 1 aliphatic rings. The molecular formula is C13H25N3O3. The molecule has 0 radical (unpaired) electrons. The fourth-order valence-corrected chi connectivity index (χ4v) is 1.85. The van der Waals surface area contributed by atoms with Gasteiger partial charge in [-0.15, -0.1) is 0 Å². The summed E-state index contributed by atoms with van der Waals surface area (Å²) in [6, 6.07) is -0.00355. The molecule has 1 N–H and O–H groups in total. The first kappa shape index (κ1) is 15.8. The van der Waals surface area contributed by atoms with Crippen molar-refractivity contribution in [1.82, 2.24) is 15.1 Å². The first-order valence-corrected chi connectivity index (χ1v) is 6.60. The van der Waals surface area contributed by atoms with E-state index in [-0.39, 0.29) is 18.0 Å². The van der Waals surface area contributed by atoms with E-state index in [2.05, 4.69) is 5.32 Å². The van der Waals surface area contributed by atoms with Gasteiger partial charge in [0.15, 0.2) is 0 Å². The minimum Gasteiger partial charge on any atom is -0.444 e. The van der Waals surface area contributed by atoms with Crippen molar-refractivity contribution in [2.75, 3.05) is 33.7 Å². The second-order valence-corrected chi connectivity index (χ2v) is 6.07. The van der Waals surface area contributed by atoms with Crippen molar-refractivity contribution in [3.05, 3.63) is 0 Å². The zero-order chi connectivity index (χ0) is 14.6. The van der Waals surface area contributed by atoms with E-state index in [1.807, 2.05) is 20.8 Å². The average molecular weight is 271 g/mol. The number of carbonyl (C=O) groups is 2. The van der Waals surface area contributed by atoms with Gasteiger partial charge in [0.05, 0.1) is 0 Å². The van der Waals surface area contributed by atoms with Crippen LogP contribution in [0.25, 0.3) is 0 Å². The van der Waals surface area contributed by atoms with Crippen molar-refractivity contribution >= 4 is 12.0 Å². The van der Waals surface area contributed by atoms with Crippen LogP contribution in [0.15, 0.2) is 0 Å². The number of amides is 2. The lowest BCUT2D eigenvalue weighted by Gasteiger charge is -2.35. The third-order valence-corrected chi connectivity index (χ3v) is 2.83. The third kappa shape index (κ3) is 5.46. The highest BCUT2D eigenvalue weighted by molar-refractivity contribution is 5.76. The number of ether oxygens (including phenoxy) is 1. The molecule has 6 heteroatoms. The summed E-state index contributed by atoms with van der Waals surface area (Å²) in [5.41, 5.74) is -0.489. The monoisotopic (exact) mass is 271 g/mol. The molecule has 0 spiro atoms. The number of rotatable bonds is 2. The van der Waals surface area contributed by atoms with E-state index in [9.17, 15) is 9.59 Å². The molecule has 1 unspecified atom stereocenters. The molecule has 19 heavy (non-hydrogen) atoms. The Labute approximate surface area is 115 Å². The molecule has 1 saturated heterocycles. The van der Waals surface area contributed by atoms with E-state index in [1.165, 1.54) is 0 Å². The van der Waals surface area contributed by atoms with Gasteiger partial charge in [0.25, 0.3) is 0 Å². The molecule has 0 bridgehead atoms. The Kier molecular flexibility index (Phi) is 5.17. The lowest BCUT2D eigenvalue weighted by atomic mass is 10.1. The SMILES string of the molecule is CN(C)C(=O)CC1CN(C(=O)OC(C)(C)C)CCN1. The van der Waals surface area contributed by atoms with E-state index in [0.29, 0.717) is 26.1 Å². The smallest absolute Gasteiger partial charge is 0.410 e. The third-order valence-electron chi connectivity index (χ3n) is 2.83. The lowest BCUT2D eigenvalue weighted by molar-refractivity contribution is -0.129. The molecule has 0 aromatic rings. The van der Waals surface area contributed by atoms with E-state index in [1.54, 1.807) is 23.9 Å². The van der Waals surface area contributed by atoms with Gasteiger partial charge in [-0.25, -0.2) is 4.79 Å². The van der Waals surface area contributed by atoms with E-state index >= 15 is 0 Å². The first-order chi connectivity index (χ1) is 8.69. The maximum absolute atomic E-state index is 12.0. The Morgan fingerprint density at radius 2 is 2.00 bits per heavy atom. The van der Waals surface area contributed by atoms with Gasteiger partial charge in [0, 0.05) is 46.2 Å². The fourth-order valence-electron chi connectivity index (χ4n) is 1.85. The topological polar surface area (TPSA) is 61.9 Å². The molecule has 0 aliphatic carbocycles. The number of carbonyl (C=O) groups excluding carboxylic acids is 2. The van der Waals surface area contributed by atoms with Crippen LogP contribution in [0.2, 0.25) is 0 Å². The van der Waals surface area contributed by atoms with Gasteiger partial charge in [0.2, 0.25) is 5.91 Å². The van der Waals surface area contributed by atoms with E-state index in [4.69, 9.17) is 4.74 Å². The van der Waals surface area contributed by atoms with Gasteiger partial charge in [-0.1, -0.05) is 0 Å². The van der Waals surface area contributed by atoms with E-state index in [0.717, 1.165) is 0 Å². The molecule has 0 saturated carbocycles. The number of nitrogens with zero attached hydrogens (tertiary/aromatic N) is 2. The molecule has 2 amide bonds. The highest BCUT2D eigenvalue weighted by Gasteiger charge is 2.28. The maximum atomic E-state index is 12.0. The Balaban J connectivity index is 2.50. The van der Waals surface area contributed by atoms with Gasteiger partial charge in [-0.05, 0) is 20.8 Å². The molecule has 0 aromatic heterocycles. The van der Waals surface area contributed by atoms with Crippen LogP contribution < -0.4 is 5.32 Å². The molecule has 110 valence electrons. The second-order valence-electron chi connectivity index (χ2n) is 6.07. The Morgan fingerprint density at radius 3 is 2.53 bits per heavy atom. The van der Waals surface area contributed by atoms with Crippen LogP contribution in [0, 0.1) is 0 Å². The minimum absolute atomic E-state index is 0.00355. The molecule has 1 rings (SSSR count). The summed E-state index contributed by atoms with van der Waals surface area (Å²) in [7, 11) is 3.47. The summed E-state index contributed by atoms with van der Waals surface area (Å²) < 4.78 is 5.34. The van der Waals surface area contributed by atoms with Crippen molar-refractivity contribution in [2.45, 2.75) is 38.8 Å². The van der Waals surface area contributed by atoms with Crippen LogP contribution in [-0.2, 0) is 9.53 Å². The second kappa shape index (κ2) is 6.23. The van der Waals surface area contributed by atoms with Gasteiger partial charge < -0.3 is 19.9 Å². The quantitative estimate of drug-likeness (QED) is 0.802. The summed E-state index contributed by atoms with van der Waals surface area (Å²) in [5, 5.41) is 3.26. The average Bonchev–Trinajstić information content (AvgIpc) is 2.27. The van der Waals surface area contributed by atoms with Crippen LogP contribution in [0.3, 0.4) is 0 Å². The molecule has 1 atom stereocenters. The normalized spacial score (nSPS) is 20.1. The van der Waals surface area contributed by atoms with Crippen LogP contribution >= 0.6 is 0 Å². The number of hydrogen-bond acceptors (Lipinski definition) is 4. The summed E-state index contributed by atoms with van der Waals surface area (Å²) in [5.74, 6) is 0.0588. The van der Waals surface area contributed by atoms with Gasteiger partial charge in [0.1, 0.15) is 5.60 Å². The van der Waals surface area contributed by atoms with Crippen LogP contribution in [-0.4, -0.2) is 67.2 Å². The van der Waals surface area contributed by atoms with Crippen LogP contribution in [0.1, 0.15) is 27.2 Å². The maximum Gasteiger partial charge on any atom is 0.410 e. The van der Waals surface area contributed by atoms with Crippen molar-refractivity contribution in [1.29, 1.82) is 0 Å². The largest absolute Gasteiger partial charge is 0.444 e. The van der Waals surface area contributed by atoms with Crippen molar-refractivity contribution in [2.24, 2.45) is 0 Å². The Morgan fingerprint density at radius 1 is 1.37 bits per heavy atom. The summed E-state index contributed by atoms with van der Waals surface area (Å²) >= 11 is 0. The summed E-state index contributed by atoms with van der Waals surface area (Å²) in [6.45, 7) is 7.35. The van der Waals surface area contributed by atoms with Gasteiger partial charge in [-0.2, -0.15) is 0 Å². The molecule has 1 fully saturated rings. The zero-order valence-electron chi connectivity index (χ0n) is 12.5. The van der Waals surface area contributed by atoms with Crippen LogP contribution in [0.4, 0.5) is 4.79 Å². The molecule has 6 nitrogen and oxygen atoms in total. The minimum atomic E-state index is -0.489. The Bertz CT molecular complexity index is 337. The van der Waals surface area contributed by atoms with Crippen LogP contribution in [0.5, 0.6) is 0 Å². The first-order valence-electron chi connectivity index (χ1n) is 6.60. The molecule has 0 aromatic carbocycles. The number of hydrogen-bond donors (Lipinski definition) is 1. The fraction of sp³-hybridized carbons (Fsp3) is 0.846. The van der Waals surface area contributed by atoms with Gasteiger partial charge in [-0.3, -0.25) is 4.79 Å². The Hall–Kier alpha value is -1.30.